The molecule has 0 bridgehead atoms. The van der Waals surface area contributed by atoms with Crippen molar-refractivity contribution in [2.24, 2.45) is 0 Å². The molecule has 3 heterocycles. The topological polar surface area (TPSA) is 70.2 Å². The molecule has 1 aromatic carbocycles. The highest BCUT2D eigenvalue weighted by Gasteiger charge is 2.23. The average Bonchev–Trinajstić information content (AvgIpc) is 2.75. The Kier molecular flexibility index (Phi) is 5.97. The number of halogens is 1. The molecule has 4 rings (SSSR count). The fourth-order valence-corrected chi connectivity index (χ4v) is 3.82. The van der Waals surface area contributed by atoms with Crippen molar-refractivity contribution in [2.45, 2.75) is 19.9 Å². The van der Waals surface area contributed by atoms with E-state index >= 15 is 0 Å². The Balaban J connectivity index is 1.62. The van der Waals surface area contributed by atoms with Crippen molar-refractivity contribution in [3.63, 3.8) is 0 Å². The number of amides is 1. The fraction of sp³-hybridized carbons (Fsp3) is 0.261. The Morgan fingerprint density at radius 3 is 2.87 bits per heavy atom. The van der Waals surface area contributed by atoms with Crippen LogP contribution in [0.2, 0.25) is 5.02 Å². The zero-order valence-electron chi connectivity index (χ0n) is 17.0. The number of hydrogen-bond acceptors (Lipinski definition) is 5. The smallest absolute Gasteiger partial charge is 0.259 e. The third kappa shape index (κ3) is 4.45. The number of aryl methyl sites for hydroxylation is 1. The van der Waals surface area contributed by atoms with E-state index in [1.165, 1.54) is 0 Å². The Labute approximate surface area is 181 Å². The summed E-state index contributed by atoms with van der Waals surface area (Å²) in [6.07, 6.45) is 1.72. The molecule has 0 spiro atoms. The molecular weight excluding hydrogens is 398 g/mol. The lowest BCUT2D eigenvalue weighted by atomic mass is 10.1. The number of carbonyl (C=O) groups is 1. The first kappa shape index (κ1) is 20.3. The molecule has 0 aliphatic carbocycles. The van der Waals surface area contributed by atoms with Gasteiger partial charge in [-0.25, -0.2) is 4.98 Å². The van der Waals surface area contributed by atoms with Gasteiger partial charge >= 0.3 is 0 Å². The predicted octanol–water partition coefficient (Wildman–Crippen LogP) is 4.16. The summed E-state index contributed by atoms with van der Waals surface area (Å²) in [7, 11) is 0. The largest absolute Gasteiger partial charge is 0.353 e. The van der Waals surface area contributed by atoms with Gasteiger partial charge in [-0.3, -0.25) is 9.78 Å². The van der Waals surface area contributed by atoms with Crippen LogP contribution in [0.4, 0.5) is 11.5 Å². The van der Waals surface area contributed by atoms with E-state index in [4.69, 9.17) is 11.6 Å². The summed E-state index contributed by atoms with van der Waals surface area (Å²) in [5.41, 5.74) is 3.63. The number of pyridine rings is 2. The lowest BCUT2D eigenvalue weighted by molar-refractivity contribution is 0.102. The van der Waals surface area contributed by atoms with Crippen molar-refractivity contribution in [3.05, 3.63) is 71.0 Å². The van der Waals surface area contributed by atoms with Crippen molar-refractivity contribution < 1.29 is 4.79 Å². The van der Waals surface area contributed by atoms with Crippen LogP contribution in [0, 0.1) is 6.92 Å². The van der Waals surface area contributed by atoms with E-state index in [9.17, 15) is 4.79 Å². The Morgan fingerprint density at radius 1 is 1.23 bits per heavy atom. The normalized spacial score (nSPS) is 16.4. The van der Waals surface area contributed by atoms with Crippen LogP contribution in [0.3, 0.4) is 0 Å². The van der Waals surface area contributed by atoms with Crippen LogP contribution in [0.15, 0.2) is 54.7 Å². The van der Waals surface area contributed by atoms with Gasteiger partial charge in [-0.2, -0.15) is 0 Å². The van der Waals surface area contributed by atoms with Gasteiger partial charge in [0.1, 0.15) is 5.82 Å². The van der Waals surface area contributed by atoms with Crippen molar-refractivity contribution in [2.75, 3.05) is 29.9 Å². The molecule has 0 saturated carbocycles. The van der Waals surface area contributed by atoms with E-state index in [2.05, 4.69) is 32.4 Å². The molecule has 0 radical (unpaired) electrons. The monoisotopic (exact) mass is 421 g/mol. The minimum Gasteiger partial charge on any atom is -0.353 e. The highest BCUT2D eigenvalue weighted by Crippen LogP contribution is 2.30. The lowest BCUT2D eigenvalue weighted by Crippen LogP contribution is -2.50. The maximum atomic E-state index is 13.2. The van der Waals surface area contributed by atoms with Gasteiger partial charge < -0.3 is 15.5 Å². The number of benzene rings is 1. The fourth-order valence-electron chi connectivity index (χ4n) is 3.61. The van der Waals surface area contributed by atoms with E-state index in [-0.39, 0.29) is 5.91 Å². The van der Waals surface area contributed by atoms with Gasteiger partial charge in [0.2, 0.25) is 0 Å². The standard InChI is InChI=1S/C23H24ClN5O/c1-15-6-8-18(22(27-15)29-12-11-25-16(2)14-29)23(30)28-17-7-9-20(24)19(13-17)21-5-3-4-10-26-21/h3-10,13,16,25H,11-12,14H2,1-2H3,(H,28,30). The third-order valence-electron chi connectivity index (χ3n) is 5.09. The van der Waals surface area contributed by atoms with E-state index in [1.54, 1.807) is 18.3 Å². The second kappa shape index (κ2) is 8.81. The minimum absolute atomic E-state index is 0.196. The summed E-state index contributed by atoms with van der Waals surface area (Å²) < 4.78 is 0. The van der Waals surface area contributed by atoms with Gasteiger partial charge in [-0.15, -0.1) is 0 Å². The summed E-state index contributed by atoms with van der Waals surface area (Å²) in [5, 5.41) is 7.00. The highest BCUT2D eigenvalue weighted by molar-refractivity contribution is 6.33. The van der Waals surface area contributed by atoms with E-state index in [1.807, 2.05) is 43.3 Å². The quantitative estimate of drug-likeness (QED) is 0.662. The molecule has 1 unspecified atom stereocenters. The van der Waals surface area contributed by atoms with Crippen molar-refractivity contribution in [1.82, 2.24) is 15.3 Å². The number of aromatic nitrogens is 2. The van der Waals surface area contributed by atoms with E-state index < -0.39 is 0 Å². The molecule has 2 N–H and O–H groups in total. The lowest BCUT2D eigenvalue weighted by Gasteiger charge is -2.33. The maximum absolute atomic E-state index is 13.2. The second-order valence-corrected chi connectivity index (χ2v) is 7.90. The molecule has 1 saturated heterocycles. The minimum atomic E-state index is -0.196. The maximum Gasteiger partial charge on any atom is 0.259 e. The molecule has 30 heavy (non-hydrogen) atoms. The molecule has 1 aliphatic heterocycles. The Morgan fingerprint density at radius 2 is 2.10 bits per heavy atom. The van der Waals surface area contributed by atoms with Gasteiger partial charge in [-0.1, -0.05) is 17.7 Å². The molecular formula is C23H24ClN5O. The van der Waals surface area contributed by atoms with Crippen LogP contribution in [0.1, 0.15) is 23.0 Å². The van der Waals surface area contributed by atoms with Gasteiger partial charge in [0, 0.05) is 48.8 Å². The average molecular weight is 422 g/mol. The van der Waals surface area contributed by atoms with Crippen LogP contribution in [0.25, 0.3) is 11.3 Å². The number of hydrogen-bond donors (Lipinski definition) is 2. The number of piperazine rings is 1. The second-order valence-electron chi connectivity index (χ2n) is 7.49. The number of anilines is 2. The summed E-state index contributed by atoms with van der Waals surface area (Å²) >= 11 is 6.37. The molecule has 7 heteroatoms. The third-order valence-corrected chi connectivity index (χ3v) is 5.42. The summed E-state index contributed by atoms with van der Waals surface area (Å²) in [5.74, 6) is 0.526. The predicted molar refractivity (Wildman–Crippen MR) is 121 cm³/mol. The first-order valence-electron chi connectivity index (χ1n) is 9.99. The molecule has 2 aromatic heterocycles. The zero-order valence-corrected chi connectivity index (χ0v) is 17.8. The number of carbonyl (C=O) groups excluding carboxylic acids is 1. The molecule has 1 fully saturated rings. The first-order chi connectivity index (χ1) is 14.5. The zero-order chi connectivity index (χ0) is 21.1. The number of rotatable bonds is 4. The number of nitrogens with one attached hydrogen (secondary N) is 2. The molecule has 154 valence electrons. The SMILES string of the molecule is Cc1ccc(C(=O)Nc2ccc(Cl)c(-c3ccccn3)c2)c(N2CCNC(C)C2)n1. The van der Waals surface area contributed by atoms with Gasteiger partial charge in [0.05, 0.1) is 16.3 Å². The Bertz CT molecular complexity index is 1060. The van der Waals surface area contributed by atoms with Crippen molar-refractivity contribution >= 4 is 29.0 Å². The Hall–Kier alpha value is -2.96. The molecule has 6 nitrogen and oxygen atoms in total. The molecule has 3 aromatic rings. The van der Waals surface area contributed by atoms with Gasteiger partial charge in [0.25, 0.3) is 5.91 Å². The number of nitrogens with zero attached hydrogens (tertiary/aromatic N) is 3. The molecule has 1 atom stereocenters. The van der Waals surface area contributed by atoms with E-state index in [0.29, 0.717) is 22.3 Å². The summed E-state index contributed by atoms with van der Waals surface area (Å²) in [6.45, 7) is 6.56. The molecule has 1 amide bonds. The summed E-state index contributed by atoms with van der Waals surface area (Å²) in [4.78, 5) is 24.4. The van der Waals surface area contributed by atoms with Crippen LogP contribution < -0.4 is 15.5 Å². The molecule has 1 aliphatic rings. The van der Waals surface area contributed by atoms with Crippen LogP contribution in [-0.2, 0) is 0 Å². The highest BCUT2D eigenvalue weighted by atomic mass is 35.5. The van der Waals surface area contributed by atoms with Gasteiger partial charge in [-0.05, 0) is 56.3 Å². The van der Waals surface area contributed by atoms with Crippen molar-refractivity contribution in [1.29, 1.82) is 0 Å². The van der Waals surface area contributed by atoms with Crippen molar-refractivity contribution in [3.8, 4) is 11.3 Å². The van der Waals surface area contributed by atoms with E-state index in [0.717, 1.165) is 42.4 Å². The van der Waals surface area contributed by atoms with Crippen LogP contribution >= 0.6 is 11.6 Å². The van der Waals surface area contributed by atoms with Crippen LogP contribution in [-0.4, -0.2) is 41.6 Å². The first-order valence-corrected chi connectivity index (χ1v) is 10.4. The van der Waals surface area contributed by atoms with Crippen LogP contribution in [0.5, 0.6) is 0 Å². The summed E-state index contributed by atoms with van der Waals surface area (Å²) in [6, 6.07) is 15.1. The van der Waals surface area contributed by atoms with Gasteiger partial charge in [0.15, 0.2) is 0 Å².